The molecule has 2 aromatic rings. The van der Waals surface area contributed by atoms with Crippen molar-refractivity contribution in [3.63, 3.8) is 0 Å². The SMILES string of the molecule is CCN(CC)CCCNC(=S)N(CCN1CCOCC1)Cc1cc2cc(C)cc(C)c2[nH]c1=O. The summed E-state index contributed by atoms with van der Waals surface area (Å²) in [5, 5.41) is 5.23. The number of thiocarbonyl (C=S) groups is 1. The Bertz CT molecular complexity index is 999. The standard InChI is InChI=1S/C26H41N5O2S/c1-5-29(6-2)9-7-8-27-26(34)31(11-10-30-12-14-33-15-13-30)19-23-18-22-17-20(3)16-21(4)24(22)28-25(23)32/h16-18H,5-15,19H2,1-4H3,(H,27,34)(H,28,32). The minimum absolute atomic E-state index is 0.0415. The molecule has 0 bridgehead atoms. The highest BCUT2D eigenvalue weighted by Crippen LogP contribution is 2.18. The lowest BCUT2D eigenvalue weighted by atomic mass is 10.1. The number of ether oxygens (including phenoxy) is 1. The first-order valence-electron chi connectivity index (χ1n) is 12.6. The van der Waals surface area contributed by atoms with Crippen LogP contribution in [0.25, 0.3) is 10.9 Å². The molecular weight excluding hydrogens is 446 g/mol. The van der Waals surface area contributed by atoms with Crippen molar-refractivity contribution in [2.75, 3.05) is 65.6 Å². The number of hydrogen-bond donors (Lipinski definition) is 2. The third kappa shape index (κ3) is 7.50. The monoisotopic (exact) mass is 487 g/mol. The number of morpholine rings is 1. The molecular formula is C26H41N5O2S. The maximum Gasteiger partial charge on any atom is 0.253 e. The van der Waals surface area contributed by atoms with Crippen molar-refractivity contribution in [1.82, 2.24) is 25.0 Å². The van der Waals surface area contributed by atoms with E-state index in [1.165, 1.54) is 5.56 Å². The molecule has 0 atom stereocenters. The zero-order valence-electron chi connectivity index (χ0n) is 21.3. The zero-order chi connectivity index (χ0) is 24.5. The summed E-state index contributed by atoms with van der Waals surface area (Å²) in [5.41, 5.74) is 3.90. The van der Waals surface area contributed by atoms with Crippen molar-refractivity contribution < 1.29 is 4.74 Å². The van der Waals surface area contributed by atoms with Gasteiger partial charge < -0.3 is 24.8 Å². The summed E-state index contributed by atoms with van der Waals surface area (Å²) in [6.07, 6.45) is 1.04. The summed E-state index contributed by atoms with van der Waals surface area (Å²) < 4.78 is 5.49. The Morgan fingerprint density at radius 2 is 1.88 bits per heavy atom. The lowest BCUT2D eigenvalue weighted by Gasteiger charge is -2.31. The van der Waals surface area contributed by atoms with Gasteiger partial charge in [0.05, 0.1) is 25.3 Å². The van der Waals surface area contributed by atoms with Crippen molar-refractivity contribution in [2.45, 2.75) is 40.7 Å². The van der Waals surface area contributed by atoms with Crippen LogP contribution in [0.1, 0.15) is 37.0 Å². The molecule has 1 saturated heterocycles. The van der Waals surface area contributed by atoms with Gasteiger partial charge in [-0.2, -0.15) is 0 Å². The lowest BCUT2D eigenvalue weighted by molar-refractivity contribution is 0.0357. The number of aromatic nitrogens is 1. The van der Waals surface area contributed by atoms with Gasteiger partial charge in [0.1, 0.15) is 0 Å². The molecule has 0 spiro atoms. The highest BCUT2D eigenvalue weighted by Gasteiger charge is 2.17. The van der Waals surface area contributed by atoms with Crippen LogP contribution in [0.2, 0.25) is 0 Å². The number of nitrogens with one attached hydrogen (secondary N) is 2. The zero-order valence-corrected chi connectivity index (χ0v) is 22.1. The number of H-pyrrole nitrogens is 1. The third-order valence-electron chi connectivity index (χ3n) is 6.63. The molecule has 188 valence electrons. The summed E-state index contributed by atoms with van der Waals surface area (Å²) in [4.78, 5) is 23.0. The summed E-state index contributed by atoms with van der Waals surface area (Å²) in [5.74, 6) is 0. The molecule has 3 rings (SSSR count). The smallest absolute Gasteiger partial charge is 0.253 e. The van der Waals surface area contributed by atoms with E-state index < -0.39 is 0 Å². The van der Waals surface area contributed by atoms with Crippen molar-refractivity contribution in [3.8, 4) is 0 Å². The molecule has 7 nitrogen and oxygen atoms in total. The Balaban J connectivity index is 1.71. The average molecular weight is 488 g/mol. The van der Waals surface area contributed by atoms with Gasteiger partial charge in [0.25, 0.3) is 5.56 Å². The third-order valence-corrected chi connectivity index (χ3v) is 7.03. The minimum atomic E-state index is -0.0415. The molecule has 34 heavy (non-hydrogen) atoms. The van der Waals surface area contributed by atoms with Crippen LogP contribution in [0.15, 0.2) is 23.0 Å². The van der Waals surface area contributed by atoms with Crippen LogP contribution in [-0.2, 0) is 11.3 Å². The maximum absolute atomic E-state index is 13.0. The molecule has 8 heteroatoms. The van der Waals surface area contributed by atoms with Crippen LogP contribution in [0.4, 0.5) is 0 Å². The number of aromatic amines is 1. The number of fused-ring (bicyclic) bond motifs is 1. The highest BCUT2D eigenvalue weighted by molar-refractivity contribution is 7.80. The van der Waals surface area contributed by atoms with Gasteiger partial charge in [0, 0.05) is 38.3 Å². The van der Waals surface area contributed by atoms with E-state index in [1.54, 1.807) is 0 Å². The van der Waals surface area contributed by atoms with E-state index in [4.69, 9.17) is 17.0 Å². The van der Waals surface area contributed by atoms with Gasteiger partial charge in [0.15, 0.2) is 5.11 Å². The van der Waals surface area contributed by atoms with E-state index in [9.17, 15) is 4.79 Å². The average Bonchev–Trinajstić information content (AvgIpc) is 2.83. The second-order valence-corrected chi connectivity index (χ2v) is 9.54. The fourth-order valence-electron chi connectivity index (χ4n) is 4.54. The van der Waals surface area contributed by atoms with Gasteiger partial charge in [-0.15, -0.1) is 0 Å². The van der Waals surface area contributed by atoms with Gasteiger partial charge in [0.2, 0.25) is 0 Å². The largest absolute Gasteiger partial charge is 0.379 e. The summed E-state index contributed by atoms with van der Waals surface area (Å²) >= 11 is 5.80. The molecule has 1 aliphatic rings. The van der Waals surface area contributed by atoms with E-state index in [1.807, 2.05) is 13.0 Å². The van der Waals surface area contributed by atoms with Crippen molar-refractivity contribution in [3.05, 3.63) is 45.2 Å². The molecule has 0 radical (unpaired) electrons. The molecule has 1 aliphatic heterocycles. The number of rotatable bonds is 11. The van der Waals surface area contributed by atoms with E-state index in [-0.39, 0.29) is 5.56 Å². The Kier molecular flexibility index (Phi) is 10.3. The van der Waals surface area contributed by atoms with E-state index in [0.29, 0.717) is 11.7 Å². The van der Waals surface area contributed by atoms with Crippen LogP contribution in [0.3, 0.4) is 0 Å². The molecule has 1 fully saturated rings. The molecule has 0 aliphatic carbocycles. The highest BCUT2D eigenvalue weighted by atomic mass is 32.1. The molecule has 0 saturated carbocycles. The first kappa shape index (κ1) is 26.6. The topological polar surface area (TPSA) is 63.8 Å². The van der Waals surface area contributed by atoms with Crippen LogP contribution in [0.5, 0.6) is 0 Å². The molecule has 1 aromatic heterocycles. The van der Waals surface area contributed by atoms with Gasteiger partial charge in [-0.1, -0.05) is 25.5 Å². The van der Waals surface area contributed by atoms with Crippen LogP contribution < -0.4 is 10.9 Å². The predicted molar refractivity (Wildman–Crippen MR) is 145 cm³/mol. The van der Waals surface area contributed by atoms with Crippen molar-refractivity contribution >= 4 is 28.2 Å². The van der Waals surface area contributed by atoms with Crippen molar-refractivity contribution in [2.24, 2.45) is 0 Å². The fraction of sp³-hybridized carbons (Fsp3) is 0.615. The quantitative estimate of drug-likeness (QED) is 0.373. The Labute approximate surface area is 209 Å². The first-order chi connectivity index (χ1) is 16.4. The van der Waals surface area contributed by atoms with Crippen molar-refractivity contribution in [1.29, 1.82) is 0 Å². The first-order valence-corrected chi connectivity index (χ1v) is 13.0. The number of hydrogen-bond acceptors (Lipinski definition) is 5. The van der Waals surface area contributed by atoms with E-state index in [0.717, 1.165) is 94.0 Å². The van der Waals surface area contributed by atoms with Gasteiger partial charge in [-0.25, -0.2) is 0 Å². The summed E-state index contributed by atoms with van der Waals surface area (Å²) in [7, 11) is 0. The maximum atomic E-state index is 13.0. The molecule has 1 aromatic carbocycles. The van der Waals surface area contributed by atoms with Gasteiger partial charge >= 0.3 is 0 Å². The van der Waals surface area contributed by atoms with Crippen LogP contribution in [0, 0.1) is 13.8 Å². The molecule has 0 unspecified atom stereocenters. The number of nitrogens with zero attached hydrogens (tertiary/aromatic N) is 3. The van der Waals surface area contributed by atoms with E-state index in [2.05, 4.69) is 57.9 Å². The van der Waals surface area contributed by atoms with Gasteiger partial charge in [-0.05, 0) is 75.2 Å². The van der Waals surface area contributed by atoms with Crippen LogP contribution in [-0.4, -0.2) is 90.4 Å². The summed E-state index contributed by atoms with van der Waals surface area (Å²) in [6.45, 7) is 18.1. The Hall–Kier alpha value is -2.00. The lowest BCUT2D eigenvalue weighted by Crippen LogP contribution is -2.46. The van der Waals surface area contributed by atoms with E-state index >= 15 is 0 Å². The Morgan fingerprint density at radius 1 is 1.15 bits per heavy atom. The molecule has 2 N–H and O–H groups in total. The predicted octanol–water partition coefficient (Wildman–Crippen LogP) is 2.89. The normalized spacial score (nSPS) is 14.6. The number of benzene rings is 1. The van der Waals surface area contributed by atoms with Gasteiger partial charge in [-0.3, -0.25) is 9.69 Å². The number of pyridine rings is 1. The second-order valence-electron chi connectivity index (χ2n) is 9.16. The number of aryl methyl sites for hydroxylation is 2. The fourth-order valence-corrected chi connectivity index (χ4v) is 4.80. The minimum Gasteiger partial charge on any atom is -0.379 e. The Morgan fingerprint density at radius 3 is 2.59 bits per heavy atom. The summed E-state index contributed by atoms with van der Waals surface area (Å²) in [6, 6.07) is 6.26. The molecule has 2 heterocycles. The van der Waals surface area contributed by atoms with Crippen LogP contribution >= 0.6 is 12.2 Å². The molecule has 0 amide bonds. The second kappa shape index (κ2) is 13.2.